The minimum Gasteiger partial charge on any atom is -0.472 e. The second kappa shape index (κ2) is 3.40. The minimum atomic E-state index is 0.641. The van der Waals surface area contributed by atoms with Crippen LogP contribution in [0.5, 0.6) is 0 Å². The number of benzene rings is 1. The molecule has 0 N–H and O–H groups in total. The van der Waals surface area contributed by atoms with Gasteiger partial charge in [0.15, 0.2) is 11.5 Å². The quantitative estimate of drug-likeness (QED) is 0.509. The van der Waals surface area contributed by atoms with Gasteiger partial charge in [-0.25, -0.2) is 14.5 Å². The summed E-state index contributed by atoms with van der Waals surface area (Å²) in [4.78, 5) is 8.88. The normalized spacial score (nSPS) is 11.3. The van der Waals surface area contributed by atoms with Gasteiger partial charge in [-0.05, 0) is 18.2 Å². The molecule has 0 amide bonds. The molecule has 5 heteroatoms. The van der Waals surface area contributed by atoms with Crippen LogP contribution in [0.15, 0.2) is 53.6 Å². The Morgan fingerprint density at radius 2 is 2.06 bits per heavy atom. The summed E-state index contributed by atoms with van der Waals surface area (Å²) < 4.78 is 6.73. The highest BCUT2D eigenvalue weighted by atomic mass is 16.3. The first-order valence-corrected chi connectivity index (χ1v) is 5.54. The lowest BCUT2D eigenvalue weighted by atomic mass is 10.2. The molecule has 3 aromatic heterocycles. The third-order valence-electron chi connectivity index (χ3n) is 2.86. The number of para-hydroxylation sites is 1. The Labute approximate surface area is 102 Å². The predicted molar refractivity (Wildman–Crippen MR) is 66.0 cm³/mol. The molecule has 3 heterocycles. The Morgan fingerprint density at radius 1 is 1.11 bits per heavy atom. The molecule has 0 aliphatic carbocycles. The summed E-state index contributed by atoms with van der Waals surface area (Å²) in [7, 11) is 0. The Balaban J connectivity index is 2.08. The zero-order valence-electron chi connectivity index (χ0n) is 9.32. The zero-order chi connectivity index (χ0) is 11.9. The second-order valence-corrected chi connectivity index (χ2v) is 3.98. The number of rotatable bonds is 1. The third kappa shape index (κ3) is 1.24. The molecular formula is C13H8N4O. The first-order chi connectivity index (χ1) is 8.92. The van der Waals surface area contributed by atoms with Crippen LogP contribution in [-0.4, -0.2) is 19.6 Å². The van der Waals surface area contributed by atoms with Crippen LogP contribution < -0.4 is 0 Å². The van der Waals surface area contributed by atoms with Gasteiger partial charge in [-0.2, -0.15) is 0 Å². The molecule has 0 unspecified atom stereocenters. The number of hydrogen-bond donors (Lipinski definition) is 0. The SMILES string of the molecule is c1ccc2c(c1)ncn1nc(-c3ccoc3)nc21. The fourth-order valence-corrected chi connectivity index (χ4v) is 1.99. The van der Waals surface area contributed by atoms with Crippen molar-refractivity contribution in [1.82, 2.24) is 19.6 Å². The van der Waals surface area contributed by atoms with E-state index in [4.69, 9.17) is 4.42 Å². The van der Waals surface area contributed by atoms with Crippen LogP contribution >= 0.6 is 0 Å². The second-order valence-electron chi connectivity index (χ2n) is 3.98. The van der Waals surface area contributed by atoms with Gasteiger partial charge in [-0.15, -0.1) is 5.10 Å². The summed E-state index contributed by atoms with van der Waals surface area (Å²) in [6.45, 7) is 0. The maximum absolute atomic E-state index is 5.05. The van der Waals surface area contributed by atoms with E-state index in [9.17, 15) is 0 Å². The van der Waals surface area contributed by atoms with Crippen LogP contribution in [0.1, 0.15) is 0 Å². The van der Waals surface area contributed by atoms with Crippen molar-refractivity contribution in [1.29, 1.82) is 0 Å². The van der Waals surface area contributed by atoms with E-state index in [1.807, 2.05) is 30.3 Å². The molecule has 0 saturated carbocycles. The van der Waals surface area contributed by atoms with Crippen molar-refractivity contribution in [3.8, 4) is 11.4 Å². The summed E-state index contributed by atoms with van der Waals surface area (Å²) >= 11 is 0. The molecule has 0 atom stereocenters. The summed E-state index contributed by atoms with van der Waals surface area (Å²) in [5.41, 5.74) is 2.58. The third-order valence-corrected chi connectivity index (χ3v) is 2.86. The van der Waals surface area contributed by atoms with E-state index in [2.05, 4.69) is 15.1 Å². The van der Waals surface area contributed by atoms with Crippen molar-refractivity contribution in [2.24, 2.45) is 0 Å². The lowest BCUT2D eigenvalue weighted by Gasteiger charge is -1.96. The van der Waals surface area contributed by atoms with E-state index in [1.54, 1.807) is 23.4 Å². The molecule has 0 aliphatic rings. The van der Waals surface area contributed by atoms with Gasteiger partial charge in [-0.1, -0.05) is 12.1 Å². The van der Waals surface area contributed by atoms with Crippen molar-refractivity contribution < 1.29 is 4.42 Å². The summed E-state index contributed by atoms with van der Waals surface area (Å²) in [6, 6.07) is 9.72. The van der Waals surface area contributed by atoms with Gasteiger partial charge < -0.3 is 4.42 Å². The fraction of sp³-hybridized carbons (Fsp3) is 0. The number of aromatic nitrogens is 4. The minimum absolute atomic E-state index is 0.641. The number of hydrogen-bond acceptors (Lipinski definition) is 4. The predicted octanol–water partition coefficient (Wildman–Crippen LogP) is 2.54. The van der Waals surface area contributed by atoms with Crippen LogP contribution in [0.2, 0.25) is 0 Å². The van der Waals surface area contributed by atoms with Gasteiger partial charge in [0, 0.05) is 5.39 Å². The topological polar surface area (TPSA) is 56.2 Å². The van der Waals surface area contributed by atoms with E-state index >= 15 is 0 Å². The van der Waals surface area contributed by atoms with Gasteiger partial charge in [0.1, 0.15) is 12.6 Å². The molecule has 86 valence electrons. The molecule has 0 radical (unpaired) electrons. The van der Waals surface area contributed by atoms with E-state index in [-0.39, 0.29) is 0 Å². The summed E-state index contributed by atoms with van der Waals surface area (Å²) in [5.74, 6) is 0.641. The van der Waals surface area contributed by atoms with E-state index in [0.29, 0.717) is 5.82 Å². The Bertz CT molecular complexity index is 833. The average molecular weight is 236 g/mol. The van der Waals surface area contributed by atoms with Crippen molar-refractivity contribution in [3.63, 3.8) is 0 Å². The van der Waals surface area contributed by atoms with Crippen molar-refractivity contribution in [2.45, 2.75) is 0 Å². The Kier molecular flexibility index (Phi) is 1.77. The highest BCUT2D eigenvalue weighted by Gasteiger charge is 2.10. The van der Waals surface area contributed by atoms with Gasteiger partial charge in [-0.3, -0.25) is 0 Å². The summed E-state index contributed by atoms with van der Waals surface area (Å²) in [6.07, 6.45) is 4.91. The lowest BCUT2D eigenvalue weighted by Crippen LogP contribution is -1.90. The van der Waals surface area contributed by atoms with Crippen LogP contribution in [-0.2, 0) is 0 Å². The Hall–Kier alpha value is -2.69. The van der Waals surface area contributed by atoms with E-state index < -0.39 is 0 Å². The Morgan fingerprint density at radius 3 is 2.94 bits per heavy atom. The molecule has 1 aromatic carbocycles. The van der Waals surface area contributed by atoms with E-state index in [0.717, 1.165) is 22.1 Å². The van der Waals surface area contributed by atoms with Crippen LogP contribution in [0.25, 0.3) is 27.9 Å². The number of fused-ring (bicyclic) bond motifs is 3. The highest BCUT2D eigenvalue weighted by Crippen LogP contribution is 2.20. The van der Waals surface area contributed by atoms with Crippen LogP contribution in [0.4, 0.5) is 0 Å². The first-order valence-electron chi connectivity index (χ1n) is 5.54. The standard InChI is InChI=1S/C13H8N4O/c1-2-4-11-10(3-1)13-15-12(9-5-6-18-7-9)16-17(13)8-14-11/h1-8H. The van der Waals surface area contributed by atoms with Crippen molar-refractivity contribution >= 4 is 16.6 Å². The van der Waals surface area contributed by atoms with Crippen LogP contribution in [0.3, 0.4) is 0 Å². The molecule has 5 nitrogen and oxygen atoms in total. The molecule has 4 rings (SSSR count). The molecule has 0 aliphatic heterocycles. The maximum Gasteiger partial charge on any atom is 0.185 e. The van der Waals surface area contributed by atoms with E-state index in [1.165, 1.54) is 0 Å². The summed E-state index contributed by atoms with van der Waals surface area (Å²) in [5, 5.41) is 5.38. The zero-order valence-corrected chi connectivity index (χ0v) is 9.32. The molecular weight excluding hydrogens is 228 g/mol. The maximum atomic E-state index is 5.05. The van der Waals surface area contributed by atoms with Crippen molar-refractivity contribution in [3.05, 3.63) is 49.2 Å². The largest absolute Gasteiger partial charge is 0.472 e. The van der Waals surface area contributed by atoms with Gasteiger partial charge in [0.25, 0.3) is 0 Å². The molecule has 0 fully saturated rings. The number of nitrogens with zero attached hydrogens (tertiary/aromatic N) is 4. The fourth-order valence-electron chi connectivity index (χ4n) is 1.99. The molecule has 0 spiro atoms. The smallest absolute Gasteiger partial charge is 0.185 e. The highest BCUT2D eigenvalue weighted by molar-refractivity contribution is 5.91. The van der Waals surface area contributed by atoms with Gasteiger partial charge in [0.2, 0.25) is 0 Å². The molecule has 0 bridgehead atoms. The molecule has 18 heavy (non-hydrogen) atoms. The monoisotopic (exact) mass is 236 g/mol. The van der Waals surface area contributed by atoms with Gasteiger partial charge >= 0.3 is 0 Å². The lowest BCUT2D eigenvalue weighted by molar-refractivity contribution is 0.568. The van der Waals surface area contributed by atoms with Crippen LogP contribution in [0, 0.1) is 0 Å². The molecule has 0 saturated heterocycles. The first kappa shape index (κ1) is 9.35. The molecule has 4 aromatic rings. The number of furan rings is 1. The van der Waals surface area contributed by atoms with Gasteiger partial charge in [0.05, 0.1) is 17.3 Å². The average Bonchev–Trinajstić information content (AvgIpc) is 3.07. The van der Waals surface area contributed by atoms with Crippen molar-refractivity contribution in [2.75, 3.05) is 0 Å².